The van der Waals surface area contributed by atoms with E-state index < -0.39 is 0 Å². The van der Waals surface area contributed by atoms with Crippen LogP contribution in [0.5, 0.6) is 0 Å². The molecule has 2 aromatic rings. The Hall–Kier alpha value is -2.20. The Morgan fingerprint density at radius 2 is 1.90 bits per heavy atom. The Bertz CT molecular complexity index is 608. The molecule has 4 heteroatoms. The van der Waals surface area contributed by atoms with Crippen LogP contribution in [-0.2, 0) is 13.1 Å². The molecule has 0 radical (unpaired) electrons. The lowest BCUT2D eigenvalue weighted by Crippen LogP contribution is -2.30. The van der Waals surface area contributed by atoms with E-state index in [-0.39, 0.29) is 5.91 Å². The molecule has 1 amide bonds. The van der Waals surface area contributed by atoms with Crippen LogP contribution in [0, 0.1) is 6.92 Å². The van der Waals surface area contributed by atoms with Crippen molar-refractivity contribution in [1.82, 2.24) is 9.88 Å². The van der Waals surface area contributed by atoms with E-state index in [2.05, 4.69) is 4.98 Å². The highest BCUT2D eigenvalue weighted by atomic mass is 16.2. The molecule has 2 N–H and O–H groups in total. The maximum atomic E-state index is 12.5. The summed E-state index contributed by atoms with van der Waals surface area (Å²) >= 11 is 0. The average molecular weight is 283 g/mol. The molecule has 0 spiro atoms. The number of nitrogens with two attached hydrogens (primary N) is 1. The zero-order valence-corrected chi connectivity index (χ0v) is 12.5. The molecule has 1 heterocycles. The van der Waals surface area contributed by atoms with Gasteiger partial charge in [0.05, 0.1) is 12.2 Å². The number of carbonyl (C=O) groups excluding carboxylic acids is 1. The van der Waals surface area contributed by atoms with Gasteiger partial charge in [0, 0.05) is 24.3 Å². The van der Waals surface area contributed by atoms with E-state index >= 15 is 0 Å². The van der Waals surface area contributed by atoms with Gasteiger partial charge >= 0.3 is 0 Å². The van der Waals surface area contributed by atoms with E-state index in [1.54, 1.807) is 4.90 Å². The minimum Gasteiger partial charge on any atom is -0.333 e. The lowest BCUT2D eigenvalue weighted by molar-refractivity contribution is 0.0750. The summed E-state index contributed by atoms with van der Waals surface area (Å²) in [5.41, 5.74) is 9.15. The third-order valence-corrected chi connectivity index (χ3v) is 3.40. The minimum atomic E-state index is 0.0179. The average Bonchev–Trinajstić information content (AvgIpc) is 2.52. The fourth-order valence-corrected chi connectivity index (χ4v) is 2.18. The third-order valence-electron chi connectivity index (χ3n) is 3.40. The fourth-order valence-electron chi connectivity index (χ4n) is 2.18. The summed E-state index contributed by atoms with van der Waals surface area (Å²) in [5, 5.41) is 0. The molecule has 0 bridgehead atoms. The van der Waals surface area contributed by atoms with Crippen LogP contribution in [0.15, 0.2) is 42.5 Å². The van der Waals surface area contributed by atoms with Crippen molar-refractivity contribution in [2.24, 2.45) is 5.73 Å². The van der Waals surface area contributed by atoms with Crippen molar-refractivity contribution in [3.8, 4) is 0 Å². The number of pyridine rings is 1. The van der Waals surface area contributed by atoms with Gasteiger partial charge in [0.25, 0.3) is 5.91 Å². The van der Waals surface area contributed by atoms with Crippen molar-refractivity contribution in [1.29, 1.82) is 0 Å². The largest absolute Gasteiger partial charge is 0.333 e. The summed E-state index contributed by atoms with van der Waals surface area (Å²) in [6.45, 7) is 5.58. The molecule has 4 nitrogen and oxygen atoms in total. The van der Waals surface area contributed by atoms with Gasteiger partial charge in [0.15, 0.2) is 0 Å². The number of nitrogens with zero attached hydrogens (tertiary/aromatic N) is 2. The number of rotatable bonds is 5. The zero-order chi connectivity index (χ0) is 15.2. The fraction of sp³-hybridized carbons (Fsp3) is 0.294. The van der Waals surface area contributed by atoms with Crippen LogP contribution in [0.3, 0.4) is 0 Å². The van der Waals surface area contributed by atoms with E-state index in [1.165, 1.54) is 0 Å². The molecular weight excluding hydrogens is 262 g/mol. The number of aromatic nitrogens is 1. The molecule has 0 aliphatic rings. The molecule has 0 fully saturated rings. The lowest BCUT2D eigenvalue weighted by atomic mass is 10.1. The van der Waals surface area contributed by atoms with Gasteiger partial charge in [-0.1, -0.05) is 18.2 Å². The first-order valence-electron chi connectivity index (χ1n) is 7.15. The summed E-state index contributed by atoms with van der Waals surface area (Å²) in [7, 11) is 0. The third kappa shape index (κ3) is 3.89. The van der Waals surface area contributed by atoms with E-state index in [9.17, 15) is 4.79 Å². The molecule has 21 heavy (non-hydrogen) atoms. The SMILES string of the molecule is CCN(Cc1cccc(C)n1)C(=O)c1ccc(CN)cc1. The number of aryl methyl sites for hydroxylation is 1. The molecular formula is C17H21N3O. The number of benzene rings is 1. The first kappa shape index (κ1) is 15.2. The summed E-state index contributed by atoms with van der Waals surface area (Å²) in [5.74, 6) is 0.0179. The predicted molar refractivity (Wildman–Crippen MR) is 83.7 cm³/mol. The Labute approximate surface area is 125 Å². The normalized spacial score (nSPS) is 10.4. The molecule has 0 aliphatic carbocycles. The quantitative estimate of drug-likeness (QED) is 0.917. The maximum absolute atomic E-state index is 12.5. The molecule has 0 aliphatic heterocycles. The van der Waals surface area contributed by atoms with Crippen molar-refractivity contribution < 1.29 is 4.79 Å². The lowest BCUT2D eigenvalue weighted by Gasteiger charge is -2.21. The maximum Gasteiger partial charge on any atom is 0.254 e. The highest BCUT2D eigenvalue weighted by molar-refractivity contribution is 5.94. The van der Waals surface area contributed by atoms with Gasteiger partial charge in [-0.15, -0.1) is 0 Å². The first-order valence-corrected chi connectivity index (χ1v) is 7.15. The van der Waals surface area contributed by atoms with Gasteiger partial charge in [-0.25, -0.2) is 0 Å². The topological polar surface area (TPSA) is 59.2 Å². The van der Waals surface area contributed by atoms with Crippen LogP contribution >= 0.6 is 0 Å². The second-order valence-corrected chi connectivity index (χ2v) is 4.99. The van der Waals surface area contributed by atoms with Crippen molar-refractivity contribution in [3.05, 3.63) is 65.0 Å². The van der Waals surface area contributed by atoms with Gasteiger partial charge in [-0.2, -0.15) is 0 Å². The second-order valence-electron chi connectivity index (χ2n) is 4.99. The molecule has 110 valence electrons. The molecule has 1 aromatic heterocycles. The summed E-state index contributed by atoms with van der Waals surface area (Å²) in [4.78, 5) is 18.8. The van der Waals surface area contributed by atoms with Crippen LogP contribution < -0.4 is 5.73 Å². The first-order chi connectivity index (χ1) is 10.1. The van der Waals surface area contributed by atoms with Gasteiger partial charge in [0.1, 0.15) is 0 Å². The van der Waals surface area contributed by atoms with Crippen LogP contribution in [-0.4, -0.2) is 22.3 Å². The van der Waals surface area contributed by atoms with E-state index in [0.29, 0.717) is 25.2 Å². The minimum absolute atomic E-state index is 0.0179. The van der Waals surface area contributed by atoms with Gasteiger partial charge in [-0.3, -0.25) is 9.78 Å². The number of hydrogen-bond acceptors (Lipinski definition) is 3. The van der Waals surface area contributed by atoms with E-state index in [1.807, 2.05) is 56.3 Å². The number of carbonyl (C=O) groups is 1. The van der Waals surface area contributed by atoms with Crippen LogP contribution in [0.25, 0.3) is 0 Å². The monoisotopic (exact) mass is 283 g/mol. The molecule has 0 unspecified atom stereocenters. The predicted octanol–water partition coefficient (Wildman–Crippen LogP) is 2.51. The number of amides is 1. The van der Waals surface area contributed by atoms with Gasteiger partial charge < -0.3 is 10.6 Å². The Balaban J connectivity index is 2.14. The number of hydrogen-bond donors (Lipinski definition) is 1. The Morgan fingerprint density at radius 1 is 1.19 bits per heavy atom. The molecule has 0 saturated carbocycles. The zero-order valence-electron chi connectivity index (χ0n) is 12.5. The molecule has 0 atom stereocenters. The van der Waals surface area contributed by atoms with E-state index in [0.717, 1.165) is 17.0 Å². The smallest absolute Gasteiger partial charge is 0.254 e. The second kappa shape index (κ2) is 6.99. The van der Waals surface area contributed by atoms with E-state index in [4.69, 9.17) is 5.73 Å². The van der Waals surface area contributed by atoms with Crippen LogP contribution in [0.2, 0.25) is 0 Å². The highest BCUT2D eigenvalue weighted by Gasteiger charge is 2.15. The van der Waals surface area contributed by atoms with Crippen molar-refractivity contribution in [2.45, 2.75) is 26.9 Å². The summed E-state index contributed by atoms with van der Waals surface area (Å²) < 4.78 is 0. The van der Waals surface area contributed by atoms with Gasteiger partial charge in [0.2, 0.25) is 0 Å². The molecule has 2 rings (SSSR count). The van der Waals surface area contributed by atoms with Crippen molar-refractivity contribution in [2.75, 3.05) is 6.54 Å². The van der Waals surface area contributed by atoms with Crippen LogP contribution in [0.4, 0.5) is 0 Å². The Morgan fingerprint density at radius 3 is 2.48 bits per heavy atom. The summed E-state index contributed by atoms with van der Waals surface area (Å²) in [6.07, 6.45) is 0. The van der Waals surface area contributed by atoms with Gasteiger partial charge in [-0.05, 0) is 43.7 Å². The van der Waals surface area contributed by atoms with Crippen LogP contribution in [0.1, 0.15) is 34.2 Å². The summed E-state index contributed by atoms with van der Waals surface area (Å²) in [6, 6.07) is 13.3. The standard InChI is InChI=1S/C17H21N3O/c1-3-20(12-16-6-4-5-13(2)19-16)17(21)15-9-7-14(11-18)8-10-15/h4-10H,3,11-12,18H2,1-2H3. The highest BCUT2D eigenvalue weighted by Crippen LogP contribution is 2.10. The Kier molecular flexibility index (Phi) is 5.06. The molecule has 0 saturated heterocycles. The van der Waals surface area contributed by atoms with Crippen molar-refractivity contribution in [3.63, 3.8) is 0 Å². The van der Waals surface area contributed by atoms with Crippen molar-refractivity contribution >= 4 is 5.91 Å². The molecule has 1 aromatic carbocycles.